The molecular formula is C21H23N3O2S. The van der Waals surface area contributed by atoms with Crippen molar-refractivity contribution in [3.63, 3.8) is 0 Å². The van der Waals surface area contributed by atoms with Gasteiger partial charge in [0, 0.05) is 24.4 Å². The first-order chi connectivity index (χ1) is 13.1. The van der Waals surface area contributed by atoms with Gasteiger partial charge in [-0.25, -0.2) is 4.79 Å². The van der Waals surface area contributed by atoms with E-state index in [4.69, 9.17) is 0 Å². The van der Waals surface area contributed by atoms with E-state index in [9.17, 15) is 9.59 Å². The maximum atomic E-state index is 13.7. The number of amides is 3. The Balaban J connectivity index is 1.78. The molecule has 2 aliphatic heterocycles. The third kappa shape index (κ3) is 2.70. The minimum Gasteiger partial charge on any atom is -0.338 e. The van der Waals surface area contributed by atoms with E-state index in [1.165, 1.54) is 0 Å². The van der Waals surface area contributed by atoms with Crippen molar-refractivity contribution < 1.29 is 9.59 Å². The predicted octanol–water partition coefficient (Wildman–Crippen LogP) is 3.47. The van der Waals surface area contributed by atoms with E-state index in [2.05, 4.69) is 24.4 Å². The number of carbonyl (C=O) groups is 2. The van der Waals surface area contributed by atoms with E-state index >= 15 is 0 Å². The van der Waals surface area contributed by atoms with Crippen LogP contribution in [0.2, 0.25) is 0 Å². The summed E-state index contributed by atoms with van der Waals surface area (Å²) in [5.41, 5.74) is 4.08. The van der Waals surface area contributed by atoms with Crippen LogP contribution in [0.3, 0.4) is 0 Å². The molecule has 1 fully saturated rings. The maximum Gasteiger partial charge on any atom is 0.319 e. The number of rotatable bonds is 3. The van der Waals surface area contributed by atoms with Crippen molar-refractivity contribution in [1.29, 1.82) is 0 Å². The molecule has 5 nitrogen and oxygen atoms in total. The molecule has 1 spiro atoms. The highest BCUT2D eigenvalue weighted by Crippen LogP contribution is 2.54. The molecule has 2 aromatic rings. The largest absolute Gasteiger partial charge is 0.338 e. The molecule has 1 saturated heterocycles. The van der Waals surface area contributed by atoms with Crippen LogP contribution in [-0.4, -0.2) is 35.7 Å². The van der Waals surface area contributed by atoms with Gasteiger partial charge >= 0.3 is 6.03 Å². The molecule has 3 amide bonds. The smallest absolute Gasteiger partial charge is 0.319 e. The summed E-state index contributed by atoms with van der Waals surface area (Å²) in [6.07, 6.45) is 0. The van der Waals surface area contributed by atoms with Crippen molar-refractivity contribution in [3.05, 3.63) is 65.2 Å². The molecule has 2 heterocycles. The third-order valence-corrected chi connectivity index (χ3v) is 6.68. The number of benzene rings is 2. The van der Waals surface area contributed by atoms with Gasteiger partial charge in [-0.1, -0.05) is 42.5 Å². The lowest BCUT2D eigenvalue weighted by Crippen LogP contribution is -2.53. The van der Waals surface area contributed by atoms with E-state index in [0.717, 1.165) is 28.1 Å². The van der Waals surface area contributed by atoms with Gasteiger partial charge in [0.25, 0.3) is 5.91 Å². The number of thioether (sulfide) groups is 1. The Hall–Kier alpha value is -2.47. The fourth-order valence-corrected chi connectivity index (χ4v) is 5.39. The Morgan fingerprint density at radius 1 is 1.19 bits per heavy atom. The second-order valence-electron chi connectivity index (χ2n) is 6.81. The Labute approximate surface area is 163 Å². The Morgan fingerprint density at radius 2 is 1.93 bits per heavy atom. The first kappa shape index (κ1) is 17.9. The standard InChI is InChI=1S/C21H23N3O2S/c1-3-22-20(26)24-12-13-27-21(24)17-10-6-7-11-18(17)23(19(21)25)14-16-9-5-4-8-15(16)2/h4-11H,3,12-14H2,1-2H3,(H,22,26). The van der Waals surface area contributed by atoms with Gasteiger partial charge in [-0.15, -0.1) is 11.8 Å². The van der Waals surface area contributed by atoms with Crippen LogP contribution in [0.1, 0.15) is 23.6 Å². The Morgan fingerprint density at radius 3 is 2.70 bits per heavy atom. The van der Waals surface area contributed by atoms with Crippen LogP contribution < -0.4 is 10.2 Å². The molecular weight excluding hydrogens is 358 g/mol. The predicted molar refractivity (Wildman–Crippen MR) is 109 cm³/mol. The molecule has 1 unspecified atom stereocenters. The summed E-state index contributed by atoms with van der Waals surface area (Å²) >= 11 is 1.56. The van der Waals surface area contributed by atoms with E-state index in [1.807, 2.05) is 48.2 Å². The molecule has 0 aliphatic carbocycles. The van der Waals surface area contributed by atoms with Gasteiger partial charge in [-0.3, -0.25) is 9.69 Å². The van der Waals surface area contributed by atoms with Crippen LogP contribution in [0.5, 0.6) is 0 Å². The summed E-state index contributed by atoms with van der Waals surface area (Å²) in [6.45, 7) is 5.56. The number of hydrogen-bond donors (Lipinski definition) is 1. The van der Waals surface area contributed by atoms with Crippen molar-refractivity contribution in [1.82, 2.24) is 10.2 Å². The number of fused-ring (bicyclic) bond motifs is 2. The van der Waals surface area contributed by atoms with Gasteiger partial charge in [0.1, 0.15) is 0 Å². The third-order valence-electron chi connectivity index (χ3n) is 5.26. The zero-order chi connectivity index (χ0) is 19.0. The molecule has 27 heavy (non-hydrogen) atoms. The van der Waals surface area contributed by atoms with Crippen LogP contribution in [0, 0.1) is 6.92 Å². The van der Waals surface area contributed by atoms with Crippen molar-refractivity contribution in [3.8, 4) is 0 Å². The van der Waals surface area contributed by atoms with Crippen LogP contribution in [0.4, 0.5) is 10.5 Å². The Bertz CT molecular complexity index is 901. The quantitative estimate of drug-likeness (QED) is 0.886. The van der Waals surface area contributed by atoms with E-state index in [1.54, 1.807) is 16.7 Å². The molecule has 4 rings (SSSR count). The van der Waals surface area contributed by atoms with E-state index < -0.39 is 4.87 Å². The van der Waals surface area contributed by atoms with Crippen molar-refractivity contribution in [2.75, 3.05) is 23.7 Å². The first-order valence-corrected chi connectivity index (χ1v) is 10.2. The summed E-state index contributed by atoms with van der Waals surface area (Å²) in [6, 6.07) is 15.8. The fraction of sp³-hybridized carbons (Fsp3) is 0.333. The van der Waals surface area contributed by atoms with Crippen molar-refractivity contribution >= 4 is 29.4 Å². The van der Waals surface area contributed by atoms with Crippen LogP contribution in [-0.2, 0) is 16.2 Å². The average Bonchev–Trinajstić information content (AvgIpc) is 3.21. The number of anilines is 1. The second-order valence-corrected chi connectivity index (χ2v) is 8.10. The molecule has 2 aliphatic rings. The molecule has 140 valence electrons. The summed E-state index contributed by atoms with van der Waals surface area (Å²) in [5.74, 6) is 0.718. The number of urea groups is 1. The normalized spacial score (nSPS) is 21.0. The monoisotopic (exact) mass is 381 g/mol. The second kappa shape index (κ2) is 6.93. The molecule has 2 aromatic carbocycles. The highest BCUT2D eigenvalue weighted by Gasteiger charge is 2.59. The highest BCUT2D eigenvalue weighted by molar-refractivity contribution is 8.01. The Kier molecular flexibility index (Phi) is 4.60. The molecule has 0 aromatic heterocycles. The van der Waals surface area contributed by atoms with Crippen LogP contribution >= 0.6 is 11.8 Å². The number of aryl methyl sites for hydroxylation is 1. The molecule has 0 bridgehead atoms. The molecule has 0 saturated carbocycles. The number of nitrogens with one attached hydrogen (secondary N) is 1. The number of carbonyl (C=O) groups excluding carboxylic acids is 2. The zero-order valence-corrected chi connectivity index (χ0v) is 16.4. The summed E-state index contributed by atoms with van der Waals surface area (Å²) in [5, 5.41) is 2.87. The lowest BCUT2D eigenvalue weighted by Gasteiger charge is -2.33. The maximum absolute atomic E-state index is 13.7. The highest BCUT2D eigenvalue weighted by atomic mass is 32.2. The SMILES string of the molecule is CCNC(=O)N1CCSC12C(=O)N(Cc1ccccc1C)c1ccccc12. The van der Waals surface area contributed by atoms with Gasteiger partial charge in [0.15, 0.2) is 4.87 Å². The average molecular weight is 382 g/mol. The van der Waals surface area contributed by atoms with Crippen LogP contribution in [0.25, 0.3) is 0 Å². The minimum atomic E-state index is -0.960. The van der Waals surface area contributed by atoms with Gasteiger partial charge in [0.05, 0.1) is 12.2 Å². The van der Waals surface area contributed by atoms with Gasteiger partial charge in [-0.05, 0) is 31.0 Å². The number of para-hydroxylation sites is 1. The van der Waals surface area contributed by atoms with Crippen molar-refractivity contribution in [2.24, 2.45) is 0 Å². The summed E-state index contributed by atoms with van der Waals surface area (Å²) in [7, 11) is 0. The topological polar surface area (TPSA) is 52.7 Å². The zero-order valence-electron chi connectivity index (χ0n) is 15.6. The van der Waals surface area contributed by atoms with Gasteiger partial charge in [-0.2, -0.15) is 0 Å². The summed E-state index contributed by atoms with van der Waals surface area (Å²) in [4.78, 5) is 29.0. The van der Waals surface area contributed by atoms with Gasteiger partial charge < -0.3 is 10.2 Å². The van der Waals surface area contributed by atoms with Crippen molar-refractivity contribution in [2.45, 2.75) is 25.3 Å². The van der Waals surface area contributed by atoms with E-state index in [0.29, 0.717) is 19.6 Å². The molecule has 6 heteroatoms. The van der Waals surface area contributed by atoms with Crippen LogP contribution in [0.15, 0.2) is 48.5 Å². The fourth-order valence-electron chi connectivity index (χ4n) is 3.93. The lowest BCUT2D eigenvalue weighted by atomic mass is 10.1. The molecule has 1 atom stereocenters. The lowest BCUT2D eigenvalue weighted by molar-refractivity contribution is -0.123. The minimum absolute atomic E-state index is 0.0271. The number of hydrogen-bond acceptors (Lipinski definition) is 3. The number of nitrogens with zero attached hydrogens (tertiary/aromatic N) is 2. The van der Waals surface area contributed by atoms with E-state index in [-0.39, 0.29) is 11.9 Å². The van der Waals surface area contributed by atoms with Gasteiger partial charge in [0.2, 0.25) is 0 Å². The molecule has 0 radical (unpaired) electrons. The molecule has 1 N–H and O–H groups in total. The summed E-state index contributed by atoms with van der Waals surface area (Å²) < 4.78 is 0. The first-order valence-electron chi connectivity index (χ1n) is 9.25.